The predicted molar refractivity (Wildman–Crippen MR) is 132 cm³/mol. The molecule has 3 atom stereocenters. The highest BCUT2D eigenvalue weighted by atomic mass is 35.5. The first-order valence-electron chi connectivity index (χ1n) is 11.5. The topological polar surface area (TPSA) is 87.9 Å². The lowest BCUT2D eigenvalue weighted by Gasteiger charge is -2.45. The van der Waals surface area contributed by atoms with Crippen LogP contribution in [0.25, 0.3) is 10.9 Å². The van der Waals surface area contributed by atoms with Crippen molar-refractivity contribution in [2.75, 3.05) is 23.7 Å². The molecule has 8 nitrogen and oxygen atoms in total. The summed E-state index contributed by atoms with van der Waals surface area (Å²) < 4.78 is 48.5. The van der Waals surface area contributed by atoms with Gasteiger partial charge in [-0.3, -0.25) is 9.47 Å². The molecule has 2 aliphatic rings. The van der Waals surface area contributed by atoms with Crippen LogP contribution in [-0.4, -0.2) is 68.3 Å². The fourth-order valence-corrected chi connectivity index (χ4v) is 6.20. The lowest BCUT2D eigenvalue weighted by atomic mass is 10.1. The van der Waals surface area contributed by atoms with Crippen molar-refractivity contribution in [1.29, 1.82) is 0 Å². The minimum Gasteiger partial charge on any atom is -0.444 e. The zero-order valence-electron chi connectivity index (χ0n) is 20.5. The number of anilines is 1. The molecule has 1 amide bonds. The normalized spacial score (nSPS) is 23.1. The Hall–Kier alpha value is -2.18. The molecule has 1 aromatic heterocycles. The van der Waals surface area contributed by atoms with Gasteiger partial charge in [0.1, 0.15) is 11.4 Å². The van der Waals surface area contributed by atoms with Gasteiger partial charge in [-0.25, -0.2) is 9.59 Å². The fraction of sp³-hybridized carbons (Fsp3) is 0.609. The van der Waals surface area contributed by atoms with Gasteiger partial charge in [0.05, 0.1) is 45.7 Å². The van der Waals surface area contributed by atoms with E-state index in [2.05, 4.69) is 4.98 Å². The predicted octanol–water partition coefficient (Wildman–Crippen LogP) is 4.37. The molecule has 13 heteroatoms. The first-order valence-corrected chi connectivity index (χ1v) is 12.9. The van der Waals surface area contributed by atoms with Crippen LogP contribution in [0.15, 0.2) is 15.8 Å². The number of rotatable bonds is 1. The minimum atomic E-state index is -4.73. The summed E-state index contributed by atoms with van der Waals surface area (Å²) in [7, 11) is 0. The molecule has 0 unspecified atom stereocenters. The van der Waals surface area contributed by atoms with Crippen LogP contribution in [0.1, 0.15) is 40.2 Å². The summed E-state index contributed by atoms with van der Waals surface area (Å²) >= 11 is 7.20. The van der Waals surface area contributed by atoms with E-state index in [1.807, 2.05) is 0 Å². The van der Waals surface area contributed by atoms with E-state index in [4.69, 9.17) is 16.3 Å². The highest BCUT2D eigenvalue weighted by Gasteiger charge is 2.40. The molecule has 0 radical (unpaired) electrons. The second-order valence-electron chi connectivity index (χ2n) is 10.2. The quantitative estimate of drug-likeness (QED) is 0.566. The van der Waals surface area contributed by atoms with Crippen LogP contribution in [-0.2, 0) is 17.5 Å². The van der Waals surface area contributed by atoms with E-state index in [0.717, 1.165) is 17.8 Å². The van der Waals surface area contributed by atoms with Crippen LogP contribution < -0.4 is 10.6 Å². The Morgan fingerprint density at radius 1 is 1.19 bits per heavy atom. The second kappa shape index (κ2) is 9.29. The number of alkyl halides is 3. The Bertz CT molecular complexity index is 1250. The Balaban J connectivity index is 1.85. The summed E-state index contributed by atoms with van der Waals surface area (Å²) in [5.41, 5.74) is -2.18. The van der Waals surface area contributed by atoms with Crippen molar-refractivity contribution in [1.82, 2.24) is 14.5 Å². The van der Waals surface area contributed by atoms with Crippen molar-refractivity contribution >= 4 is 46.2 Å². The lowest BCUT2D eigenvalue weighted by molar-refractivity contribution is -0.137. The average molecular weight is 549 g/mol. The largest absolute Gasteiger partial charge is 0.444 e. The lowest BCUT2D eigenvalue weighted by Crippen LogP contribution is -2.59. The molecule has 3 heterocycles. The van der Waals surface area contributed by atoms with Gasteiger partial charge < -0.3 is 14.7 Å². The van der Waals surface area contributed by atoms with Gasteiger partial charge in [0.2, 0.25) is 0 Å². The van der Waals surface area contributed by atoms with Crippen LogP contribution in [0.5, 0.6) is 0 Å². The number of ether oxygens (including phenoxy) is 1. The van der Waals surface area contributed by atoms with Crippen molar-refractivity contribution < 1.29 is 27.8 Å². The standard InChI is InChI=1S/C23H28ClF3N4O4S/c1-11-7-29(8-12(2)31(11)21(34)35-22(3,4)5)19-14-6-15(23(25,26)27)16(24)18-17(14)30(20(33)28-19)9-13(32)10-36-18/h6,11-13,32H,7-10H2,1-5H3/t11-,12+,13-/m0/s1. The Morgan fingerprint density at radius 3 is 2.36 bits per heavy atom. The number of carbonyl (C=O) groups excluding carboxylic acids is 1. The van der Waals surface area contributed by atoms with Gasteiger partial charge in [0.15, 0.2) is 0 Å². The molecular formula is C23H28ClF3N4O4S. The number of amides is 1. The Morgan fingerprint density at radius 2 is 1.81 bits per heavy atom. The second-order valence-corrected chi connectivity index (χ2v) is 11.7. The van der Waals surface area contributed by atoms with Gasteiger partial charge in [-0.15, -0.1) is 11.8 Å². The minimum absolute atomic E-state index is 0.0786. The van der Waals surface area contributed by atoms with E-state index in [1.165, 1.54) is 4.57 Å². The number of hydrogen-bond donors (Lipinski definition) is 1. The maximum atomic E-state index is 13.9. The summed E-state index contributed by atoms with van der Waals surface area (Å²) in [6.45, 7) is 9.26. The molecule has 0 aliphatic carbocycles. The molecule has 0 saturated carbocycles. The molecule has 36 heavy (non-hydrogen) atoms. The molecule has 0 bridgehead atoms. The smallest absolute Gasteiger partial charge is 0.417 e. The molecule has 198 valence electrons. The number of carbonyl (C=O) groups is 1. The molecule has 1 saturated heterocycles. The van der Waals surface area contributed by atoms with Gasteiger partial charge in [-0.05, 0) is 40.7 Å². The van der Waals surface area contributed by atoms with Crippen molar-refractivity contribution in [3.63, 3.8) is 0 Å². The van der Waals surface area contributed by atoms with Gasteiger partial charge in [0.25, 0.3) is 0 Å². The van der Waals surface area contributed by atoms with Gasteiger partial charge in [-0.2, -0.15) is 18.2 Å². The third kappa shape index (κ3) is 4.99. The SMILES string of the molecule is C[C@@H]1CN(c2nc(=O)n3c4c(c(Cl)c(C(F)(F)F)cc24)SC[C@@H](O)C3)C[C@H](C)N1C(=O)OC(C)(C)C. The van der Waals surface area contributed by atoms with Gasteiger partial charge in [-0.1, -0.05) is 11.6 Å². The Kier molecular flexibility index (Phi) is 6.93. The third-order valence-corrected chi connectivity index (χ3v) is 7.82. The zero-order chi connectivity index (χ0) is 26.7. The number of benzene rings is 1. The van der Waals surface area contributed by atoms with Crippen molar-refractivity contribution in [3.8, 4) is 0 Å². The summed E-state index contributed by atoms with van der Waals surface area (Å²) in [6.07, 6.45) is -6.18. The van der Waals surface area contributed by atoms with E-state index >= 15 is 0 Å². The van der Waals surface area contributed by atoms with Crippen molar-refractivity contribution in [2.24, 2.45) is 0 Å². The maximum absolute atomic E-state index is 13.9. The molecular weight excluding hydrogens is 521 g/mol. The van der Waals surface area contributed by atoms with Crippen LogP contribution in [0.3, 0.4) is 0 Å². The summed E-state index contributed by atoms with van der Waals surface area (Å²) in [6, 6.07) is 0.181. The highest BCUT2D eigenvalue weighted by molar-refractivity contribution is 7.99. The summed E-state index contributed by atoms with van der Waals surface area (Å²) in [5.74, 6) is 0.170. The van der Waals surface area contributed by atoms with Crippen LogP contribution >= 0.6 is 23.4 Å². The molecule has 1 aromatic carbocycles. The highest BCUT2D eigenvalue weighted by Crippen LogP contribution is 2.46. The third-order valence-electron chi connectivity index (χ3n) is 6.08. The van der Waals surface area contributed by atoms with Gasteiger partial charge >= 0.3 is 18.0 Å². The zero-order valence-corrected chi connectivity index (χ0v) is 22.1. The van der Waals surface area contributed by atoms with Crippen LogP contribution in [0.2, 0.25) is 5.02 Å². The molecule has 1 N–H and O–H groups in total. The number of nitrogens with zero attached hydrogens (tertiary/aromatic N) is 4. The molecule has 1 fully saturated rings. The van der Waals surface area contributed by atoms with Gasteiger partial charge in [0, 0.05) is 24.2 Å². The van der Waals surface area contributed by atoms with Crippen molar-refractivity contribution in [2.45, 2.75) is 76.0 Å². The molecule has 4 rings (SSSR count). The van der Waals surface area contributed by atoms with Crippen LogP contribution in [0, 0.1) is 0 Å². The first kappa shape index (κ1) is 26.9. The number of piperazine rings is 1. The molecule has 2 aromatic rings. The maximum Gasteiger partial charge on any atom is 0.417 e. The number of halogens is 4. The molecule has 2 aliphatic heterocycles. The van der Waals surface area contributed by atoms with E-state index in [-0.39, 0.29) is 59.1 Å². The van der Waals surface area contributed by atoms with Crippen molar-refractivity contribution in [3.05, 3.63) is 27.1 Å². The van der Waals surface area contributed by atoms with Crippen LogP contribution in [0.4, 0.5) is 23.8 Å². The first-order chi connectivity index (χ1) is 16.6. The number of thioether (sulfide) groups is 1. The number of aliphatic hydroxyl groups is 1. The monoisotopic (exact) mass is 548 g/mol. The van der Waals surface area contributed by atoms with E-state index in [9.17, 15) is 27.9 Å². The number of aliphatic hydroxyl groups excluding tert-OH is 1. The summed E-state index contributed by atoms with van der Waals surface area (Å²) in [5, 5.41) is 9.89. The Labute approximate surface area is 215 Å². The van der Waals surface area contributed by atoms with E-state index in [0.29, 0.717) is 0 Å². The number of hydrogen-bond acceptors (Lipinski definition) is 7. The fourth-order valence-electron chi connectivity index (χ4n) is 4.73. The van der Waals surface area contributed by atoms with E-state index < -0.39 is 40.3 Å². The molecule has 0 spiro atoms. The summed E-state index contributed by atoms with van der Waals surface area (Å²) in [4.78, 5) is 33.4. The number of aromatic nitrogens is 2. The average Bonchev–Trinajstić information content (AvgIpc) is 2.89. The van der Waals surface area contributed by atoms with E-state index in [1.54, 1.807) is 44.4 Å².